The number of nitrogens with one attached hydrogen (secondary N) is 1. The molecule has 4 unspecified atom stereocenters. The van der Waals surface area contributed by atoms with Crippen molar-refractivity contribution in [3.63, 3.8) is 0 Å². The molecule has 1 aromatic heterocycles. The fourth-order valence-electron chi connectivity index (χ4n) is 4.39. The summed E-state index contributed by atoms with van der Waals surface area (Å²) in [6.45, 7) is 3.63. The van der Waals surface area contributed by atoms with E-state index in [-0.39, 0.29) is 36.3 Å². The zero-order valence-electron chi connectivity index (χ0n) is 23.8. The molecule has 0 bridgehead atoms. The Balaban J connectivity index is 1.77. The van der Waals surface area contributed by atoms with Gasteiger partial charge < -0.3 is 38.5 Å². The number of ether oxygens (including phenoxy) is 7. The molecular formula is C29H38N2O10. The summed E-state index contributed by atoms with van der Waals surface area (Å²) in [6.07, 6.45) is 1.60. The highest BCUT2D eigenvalue weighted by Gasteiger charge is 2.36. The zero-order chi connectivity index (χ0) is 29.6. The quantitative estimate of drug-likeness (QED) is 0.214. The first-order chi connectivity index (χ1) is 19.8. The van der Waals surface area contributed by atoms with Gasteiger partial charge in [0, 0.05) is 45.4 Å². The van der Waals surface area contributed by atoms with Crippen LogP contribution in [0.1, 0.15) is 36.3 Å². The second-order valence-electron chi connectivity index (χ2n) is 9.43. The average molecular weight is 575 g/mol. The van der Waals surface area contributed by atoms with Gasteiger partial charge in [0.15, 0.2) is 23.2 Å². The predicted octanol–water partition coefficient (Wildman–Crippen LogP) is 2.33. The number of aromatic nitrogens is 1. The molecule has 0 radical (unpaired) electrons. The van der Waals surface area contributed by atoms with Gasteiger partial charge in [0.1, 0.15) is 6.10 Å². The summed E-state index contributed by atoms with van der Waals surface area (Å²) >= 11 is 0. The van der Waals surface area contributed by atoms with Crippen molar-refractivity contribution in [2.24, 2.45) is 5.92 Å². The summed E-state index contributed by atoms with van der Waals surface area (Å²) in [6, 6.07) is 10.3. The highest BCUT2D eigenvalue weighted by molar-refractivity contribution is 5.98. The molecule has 41 heavy (non-hydrogen) atoms. The number of carbonyl (C=O) groups excluding carboxylic acids is 3. The first-order valence-electron chi connectivity index (χ1n) is 13.4. The molecule has 12 heteroatoms. The number of pyridine rings is 1. The monoisotopic (exact) mass is 574 g/mol. The van der Waals surface area contributed by atoms with E-state index in [1.807, 2.05) is 30.3 Å². The Bertz CT molecular complexity index is 1130. The summed E-state index contributed by atoms with van der Waals surface area (Å²) in [5, 5.41) is 2.63. The highest BCUT2D eigenvalue weighted by atomic mass is 16.7. The topological polar surface area (TPSA) is 141 Å². The van der Waals surface area contributed by atoms with Gasteiger partial charge in [0.05, 0.1) is 26.4 Å². The van der Waals surface area contributed by atoms with Crippen LogP contribution in [0.4, 0.5) is 0 Å². The molecule has 12 nitrogen and oxygen atoms in total. The molecule has 1 N–H and O–H groups in total. The van der Waals surface area contributed by atoms with Crippen LogP contribution in [0, 0.1) is 5.92 Å². The molecule has 1 saturated heterocycles. The number of methoxy groups -OCH3 is 2. The van der Waals surface area contributed by atoms with Crippen molar-refractivity contribution in [1.82, 2.24) is 10.3 Å². The minimum absolute atomic E-state index is 0.0491. The van der Waals surface area contributed by atoms with Gasteiger partial charge >= 0.3 is 11.9 Å². The SMILES string of the molecule is COCCCOC1C(Cc2ccccc2)COCC(NC(=O)c2nccc(OC)c2OCOC(C)=O)C(=O)OC1C. The zero-order valence-corrected chi connectivity index (χ0v) is 23.8. The number of rotatable bonds is 13. The number of amides is 1. The van der Waals surface area contributed by atoms with Crippen LogP contribution < -0.4 is 14.8 Å². The van der Waals surface area contributed by atoms with Gasteiger partial charge in [-0.2, -0.15) is 0 Å². The Labute approximate surface area is 239 Å². The maximum atomic E-state index is 13.3. The van der Waals surface area contributed by atoms with Crippen molar-refractivity contribution in [2.75, 3.05) is 47.4 Å². The Morgan fingerprint density at radius 2 is 1.88 bits per heavy atom. The van der Waals surface area contributed by atoms with Gasteiger partial charge in [-0.3, -0.25) is 9.59 Å². The van der Waals surface area contributed by atoms with E-state index in [1.165, 1.54) is 26.3 Å². The molecule has 1 aliphatic rings. The number of hydrogen-bond acceptors (Lipinski definition) is 11. The summed E-state index contributed by atoms with van der Waals surface area (Å²) in [4.78, 5) is 41.7. The summed E-state index contributed by atoms with van der Waals surface area (Å²) < 4.78 is 38.7. The van der Waals surface area contributed by atoms with Gasteiger partial charge in [0.25, 0.3) is 5.91 Å². The third-order valence-corrected chi connectivity index (χ3v) is 6.35. The maximum Gasteiger partial charge on any atom is 0.331 e. The van der Waals surface area contributed by atoms with Crippen molar-refractivity contribution in [3.8, 4) is 11.5 Å². The number of nitrogens with zero attached hydrogens (tertiary/aromatic N) is 1. The van der Waals surface area contributed by atoms with Crippen LogP contribution >= 0.6 is 0 Å². The van der Waals surface area contributed by atoms with Crippen LogP contribution in [0.5, 0.6) is 11.5 Å². The number of carbonyl (C=O) groups is 3. The van der Waals surface area contributed by atoms with Crippen molar-refractivity contribution in [3.05, 3.63) is 53.9 Å². The van der Waals surface area contributed by atoms with E-state index < -0.39 is 42.9 Å². The lowest BCUT2D eigenvalue weighted by atomic mass is 9.91. The first kappa shape index (κ1) is 31.8. The van der Waals surface area contributed by atoms with E-state index >= 15 is 0 Å². The fraction of sp³-hybridized carbons (Fsp3) is 0.517. The van der Waals surface area contributed by atoms with Gasteiger partial charge in [-0.1, -0.05) is 30.3 Å². The van der Waals surface area contributed by atoms with E-state index in [1.54, 1.807) is 14.0 Å². The van der Waals surface area contributed by atoms with E-state index in [0.29, 0.717) is 26.1 Å². The Morgan fingerprint density at radius 1 is 1.10 bits per heavy atom. The van der Waals surface area contributed by atoms with Gasteiger partial charge in [-0.25, -0.2) is 9.78 Å². The normalized spacial score (nSPS) is 21.0. The van der Waals surface area contributed by atoms with Crippen LogP contribution in [-0.4, -0.2) is 88.5 Å². The Kier molecular flexibility index (Phi) is 12.8. The lowest BCUT2D eigenvalue weighted by Gasteiger charge is -2.31. The highest BCUT2D eigenvalue weighted by Crippen LogP contribution is 2.30. The van der Waals surface area contributed by atoms with Crippen LogP contribution in [0.15, 0.2) is 42.6 Å². The van der Waals surface area contributed by atoms with E-state index in [4.69, 9.17) is 33.2 Å². The number of benzene rings is 1. The van der Waals surface area contributed by atoms with Gasteiger partial charge in [-0.05, 0) is 25.3 Å². The molecule has 0 saturated carbocycles. The maximum absolute atomic E-state index is 13.3. The molecule has 0 aliphatic carbocycles. The third-order valence-electron chi connectivity index (χ3n) is 6.35. The van der Waals surface area contributed by atoms with E-state index in [9.17, 15) is 14.4 Å². The first-order valence-corrected chi connectivity index (χ1v) is 13.4. The molecule has 1 amide bonds. The van der Waals surface area contributed by atoms with Crippen molar-refractivity contribution < 1.29 is 47.5 Å². The van der Waals surface area contributed by atoms with Crippen LogP contribution in [0.3, 0.4) is 0 Å². The molecular weight excluding hydrogens is 536 g/mol. The summed E-state index contributed by atoms with van der Waals surface area (Å²) in [5.74, 6) is -1.96. The molecule has 1 aromatic carbocycles. The second kappa shape index (κ2) is 16.5. The molecule has 0 spiro atoms. The second-order valence-corrected chi connectivity index (χ2v) is 9.43. The third kappa shape index (κ3) is 9.69. The summed E-state index contributed by atoms with van der Waals surface area (Å²) in [5.41, 5.74) is 0.929. The Morgan fingerprint density at radius 3 is 2.59 bits per heavy atom. The molecule has 4 atom stereocenters. The largest absolute Gasteiger partial charge is 0.493 e. The smallest absolute Gasteiger partial charge is 0.331 e. The van der Waals surface area contributed by atoms with Crippen molar-refractivity contribution in [2.45, 2.75) is 44.9 Å². The molecule has 2 heterocycles. The molecule has 3 rings (SSSR count). The minimum atomic E-state index is -1.14. The molecule has 1 aliphatic heterocycles. The summed E-state index contributed by atoms with van der Waals surface area (Å²) in [7, 11) is 3.02. The Hall–Kier alpha value is -3.74. The lowest BCUT2D eigenvalue weighted by Crippen LogP contribution is -2.46. The van der Waals surface area contributed by atoms with Gasteiger partial charge in [0.2, 0.25) is 6.79 Å². The van der Waals surface area contributed by atoms with Crippen molar-refractivity contribution >= 4 is 17.8 Å². The lowest BCUT2D eigenvalue weighted by molar-refractivity contribution is -0.160. The fourth-order valence-corrected chi connectivity index (χ4v) is 4.39. The van der Waals surface area contributed by atoms with E-state index in [0.717, 1.165) is 5.56 Å². The van der Waals surface area contributed by atoms with E-state index in [2.05, 4.69) is 10.3 Å². The molecule has 224 valence electrons. The van der Waals surface area contributed by atoms with Crippen LogP contribution in [-0.2, 0) is 39.7 Å². The number of cyclic esters (lactones) is 1. The number of hydrogen-bond donors (Lipinski definition) is 1. The molecule has 2 aromatic rings. The standard InChI is InChI=1S/C29H38N2O10/c1-19-26(38-14-8-13-35-3)22(15-21-9-6-5-7-10-21)16-37-17-23(29(34)41-19)31-28(33)25-27(40-18-39-20(2)32)24(36-4)11-12-30-25/h5-7,9-12,19,22-23,26H,8,13-18H2,1-4H3,(H,31,33). The van der Waals surface area contributed by atoms with Crippen LogP contribution in [0.2, 0.25) is 0 Å². The van der Waals surface area contributed by atoms with Crippen LogP contribution in [0.25, 0.3) is 0 Å². The van der Waals surface area contributed by atoms with Gasteiger partial charge in [-0.15, -0.1) is 0 Å². The minimum Gasteiger partial charge on any atom is -0.493 e. The predicted molar refractivity (Wildman–Crippen MR) is 146 cm³/mol. The number of esters is 2. The molecule has 1 fully saturated rings. The van der Waals surface area contributed by atoms with Crippen molar-refractivity contribution in [1.29, 1.82) is 0 Å². The average Bonchev–Trinajstić information content (AvgIpc) is 3.00.